The van der Waals surface area contributed by atoms with Gasteiger partial charge in [0.05, 0.1) is 32.9 Å². The number of hydrogen-bond donors (Lipinski definition) is 0. The molecule has 24 heavy (non-hydrogen) atoms. The number of hydrogen-bond acceptors (Lipinski definition) is 4. The van der Waals surface area contributed by atoms with Crippen LogP contribution >= 0.6 is 0 Å². The third-order valence-electron chi connectivity index (χ3n) is 4.40. The molecule has 1 aliphatic rings. The molecule has 1 aliphatic carbocycles. The van der Waals surface area contributed by atoms with E-state index < -0.39 is 0 Å². The molecular formula is C19H23NO4. The molecule has 1 atom stereocenters. The second-order valence-corrected chi connectivity index (χ2v) is 6.09. The summed E-state index contributed by atoms with van der Waals surface area (Å²) in [6.07, 6.45) is 4.10. The van der Waals surface area contributed by atoms with E-state index >= 15 is 0 Å². The van der Waals surface area contributed by atoms with E-state index in [0.717, 1.165) is 24.2 Å². The summed E-state index contributed by atoms with van der Waals surface area (Å²) >= 11 is 0. The van der Waals surface area contributed by atoms with Crippen LogP contribution in [0.5, 0.6) is 11.5 Å². The van der Waals surface area contributed by atoms with Crippen molar-refractivity contribution in [2.45, 2.75) is 38.3 Å². The first-order valence-corrected chi connectivity index (χ1v) is 8.19. The molecule has 1 saturated carbocycles. The molecule has 0 unspecified atom stereocenters. The molecule has 1 aromatic carbocycles. The number of nitrogens with zero attached hydrogens (tertiary/aromatic N) is 1. The summed E-state index contributed by atoms with van der Waals surface area (Å²) in [5, 5.41) is 0. The zero-order valence-electron chi connectivity index (χ0n) is 14.3. The van der Waals surface area contributed by atoms with Crippen LogP contribution in [0.4, 0.5) is 0 Å². The van der Waals surface area contributed by atoms with Crippen LogP contribution in [0.2, 0.25) is 0 Å². The molecule has 1 aromatic heterocycles. The second-order valence-electron chi connectivity index (χ2n) is 6.09. The minimum Gasteiger partial charge on any atom is -0.493 e. The predicted octanol–water partition coefficient (Wildman–Crippen LogP) is 3.59. The Bertz CT molecular complexity index is 691. The summed E-state index contributed by atoms with van der Waals surface area (Å²) in [6, 6.07) is 9.64. The molecule has 1 amide bonds. The first-order chi connectivity index (χ1) is 11.6. The fourth-order valence-corrected chi connectivity index (χ4v) is 3.01. The molecule has 0 saturated heterocycles. The van der Waals surface area contributed by atoms with Crippen molar-refractivity contribution in [1.29, 1.82) is 0 Å². The lowest BCUT2D eigenvalue weighted by Gasteiger charge is -2.28. The van der Waals surface area contributed by atoms with Gasteiger partial charge in [0, 0.05) is 6.04 Å². The highest BCUT2D eigenvalue weighted by atomic mass is 16.5. The van der Waals surface area contributed by atoms with E-state index in [2.05, 4.69) is 0 Å². The van der Waals surface area contributed by atoms with Crippen molar-refractivity contribution in [2.24, 2.45) is 0 Å². The van der Waals surface area contributed by atoms with Crippen molar-refractivity contribution in [2.75, 3.05) is 14.2 Å². The molecule has 0 radical (unpaired) electrons. The number of benzene rings is 1. The van der Waals surface area contributed by atoms with Crippen molar-refractivity contribution in [3.8, 4) is 11.5 Å². The van der Waals surface area contributed by atoms with Crippen molar-refractivity contribution in [1.82, 2.24) is 4.90 Å². The molecule has 1 fully saturated rings. The zero-order valence-corrected chi connectivity index (χ0v) is 14.3. The van der Waals surface area contributed by atoms with Gasteiger partial charge < -0.3 is 18.8 Å². The van der Waals surface area contributed by atoms with E-state index in [-0.39, 0.29) is 11.9 Å². The summed E-state index contributed by atoms with van der Waals surface area (Å²) in [4.78, 5) is 14.9. The lowest BCUT2D eigenvalue weighted by atomic mass is 10.1. The SMILES string of the molecule is COc1ccc(CC(=O)N(C2CC2)[C@@H](C)c2ccco2)cc1OC. The van der Waals surface area contributed by atoms with E-state index in [9.17, 15) is 4.79 Å². The van der Waals surface area contributed by atoms with E-state index in [1.165, 1.54) is 0 Å². The first-order valence-electron chi connectivity index (χ1n) is 8.19. The summed E-state index contributed by atoms with van der Waals surface area (Å²) < 4.78 is 16.1. The van der Waals surface area contributed by atoms with E-state index in [4.69, 9.17) is 13.9 Å². The topological polar surface area (TPSA) is 51.9 Å². The van der Waals surface area contributed by atoms with Crippen molar-refractivity contribution >= 4 is 5.91 Å². The van der Waals surface area contributed by atoms with E-state index in [0.29, 0.717) is 24.0 Å². The molecule has 5 heteroatoms. The third kappa shape index (κ3) is 3.40. The van der Waals surface area contributed by atoms with Gasteiger partial charge in [-0.05, 0) is 49.6 Å². The predicted molar refractivity (Wildman–Crippen MR) is 90.2 cm³/mol. The van der Waals surface area contributed by atoms with Gasteiger partial charge >= 0.3 is 0 Å². The minimum atomic E-state index is -0.0554. The number of methoxy groups -OCH3 is 2. The quantitative estimate of drug-likeness (QED) is 0.779. The van der Waals surface area contributed by atoms with Gasteiger partial charge in [-0.15, -0.1) is 0 Å². The number of amides is 1. The third-order valence-corrected chi connectivity index (χ3v) is 4.40. The largest absolute Gasteiger partial charge is 0.493 e. The van der Waals surface area contributed by atoms with Crippen molar-refractivity contribution in [3.63, 3.8) is 0 Å². The minimum absolute atomic E-state index is 0.0554. The monoisotopic (exact) mass is 329 g/mol. The molecule has 3 rings (SSSR count). The average Bonchev–Trinajstić information content (AvgIpc) is 3.26. The number of ether oxygens (including phenoxy) is 2. The molecule has 0 bridgehead atoms. The van der Waals surface area contributed by atoms with Gasteiger partial charge in [0.25, 0.3) is 0 Å². The zero-order chi connectivity index (χ0) is 17.1. The fourth-order valence-electron chi connectivity index (χ4n) is 3.01. The van der Waals surface area contributed by atoms with Crippen LogP contribution in [0.3, 0.4) is 0 Å². The van der Waals surface area contributed by atoms with E-state index in [1.54, 1.807) is 20.5 Å². The fraction of sp³-hybridized carbons (Fsp3) is 0.421. The highest BCUT2D eigenvalue weighted by Crippen LogP contribution is 2.35. The molecule has 128 valence electrons. The summed E-state index contributed by atoms with van der Waals surface area (Å²) in [5.41, 5.74) is 0.912. The summed E-state index contributed by atoms with van der Waals surface area (Å²) in [7, 11) is 3.20. The highest BCUT2D eigenvalue weighted by Gasteiger charge is 2.37. The van der Waals surface area contributed by atoms with Gasteiger partial charge in [-0.3, -0.25) is 4.79 Å². The molecule has 0 aliphatic heterocycles. The Hall–Kier alpha value is -2.43. The van der Waals surface area contributed by atoms with Crippen LogP contribution in [0, 0.1) is 0 Å². The Morgan fingerprint density at radius 2 is 2.00 bits per heavy atom. The van der Waals surface area contributed by atoms with Gasteiger partial charge in [0.1, 0.15) is 5.76 Å². The number of rotatable bonds is 7. The number of carbonyl (C=O) groups is 1. The van der Waals surface area contributed by atoms with Crippen LogP contribution in [-0.4, -0.2) is 31.1 Å². The van der Waals surface area contributed by atoms with Crippen LogP contribution < -0.4 is 9.47 Å². The molecule has 5 nitrogen and oxygen atoms in total. The Morgan fingerprint density at radius 3 is 2.58 bits per heavy atom. The number of furan rings is 1. The van der Waals surface area contributed by atoms with Gasteiger partial charge in [-0.1, -0.05) is 6.07 Å². The van der Waals surface area contributed by atoms with Gasteiger partial charge in [-0.25, -0.2) is 0 Å². The summed E-state index contributed by atoms with van der Waals surface area (Å²) in [5.74, 6) is 2.23. The van der Waals surface area contributed by atoms with Crippen LogP contribution in [-0.2, 0) is 11.2 Å². The maximum Gasteiger partial charge on any atom is 0.227 e. The van der Waals surface area contributed by atoms with E-state index in [1.807, 2.05) is 42.2 Å². The summed E-state index contributed by atoms with van der Waals surface area (Å²) in [6.45, 7) is 2.02. The Labute approximate surface area is 142 Å². The smallest absolute Gasteiger partial charge is 0.227 e. The van der Waals surface area contributed by atoms with Crippen molar-refractivity contribution < 1.29 is 18.7 Å². The number of carbonyl (C=O) groups excluding carboxylic acids is 1. The normalized spacial score (nSPS) is 15.0. The Morgan fingerprint density at radius 1 is 1.25 bits per heavy atom. The van der Waals surface area contributed by atoms with Gasteiger partial charge in [0.15, 0.2) is 11.5 Å². The lowest BCUT2D eigenvalue weighted by Crippen LogP contribution is -2.36. The maximum absolute atomic E-state index is 12.9. The second kappa shape index (κ2) is 6.99. The first kappa shape index (κ1) is 16.4. The highest BCUT2D eigenvalue weighted by molar-refractivity contribution is 5.80. The maximum atomic E-state index is 12.9. The standard InChI is InChI=1S/C19H23NO4/c1-13(16-5-4-10-24-16)20(15-7-8-15)19(21)12-14-6-9-17(22-2)18(11-14)23-3/h4-6,9-11,13,15H,7-8,12H2,1-3H3/t13-/m0/s1. The Kier molecular flexibility index (Phi) is 4.79. The van der Waals surface area contributed by atoms with Gasteiger partial charge in [-0.2, -0.15) is 0 Å². The van der Waals surface area contributed by atoms with Gasteiger partial charge in [0.2, 0.25) is 5.91 Å². The van der Waals surface area contributed by atoms with Crippen LogP contribution in [0.15, 0.2) is 41.0 Å². The van der Waals surface area contributed by atoms with Crippen LogP contribution in [0.25, 0.3) is 0 Å². The Balaban J connectivity index is 1.77. The molecule has 0 N–H and O–H groups in total. The molecule has 2 aromatic rings. The average molecular weight is 329 g/mol. The molecule has 1 heterocycles. The molecule has 0 spiro atoms. The molecular weight excluding hydrogens is 306 g/mol. The lowest BCUT2D eigenvalue weighted by molar-refractivity contribution is -0.133. The van der Waals surface area contributed by atoms with Crippen LogP contribution in [0.1, 0.15) is 37.1 Å². The van der Waals surface area contributed by atoms with Crippen molar-refractivity contribution in [3.05, 3.63) is 47.9 Å².